The molecule has 0 bridgehead atoms. The highest BCUT2D eigenvalue weighted by Gasteiger charge is 2.18. The summed E-state index contributed by atoms with van der Waals surface area (Å²) in [5.41, 5.74) is -0.284. The van der Waals surface area contributed by atoms with E-state index in [9.17, 15) is 13.2 Å². The van der Waals surface area contributed by atoms with Gasteiger partial charge in [0.05, 0.1) is 0 Å². The number of halogens is 4. The predicted molar refractivity (Wildman–Crippen MR) is 40.1 cm³/mol. The Morgan fingerprint density at radius 3 is 2.55 bits per heavy atom. The molecule has 0 nitrogen and oxygen atoms in total. The fourth-order valence-corrected chi connectivity index (χ4v) is 1.22. The van der Waals surface area contributed by atoms with E-state index < -0.39 is 12.3 Å². The molecule has 1 aliphatic carbocycles. The topological polar surface area (TPSA) is 0 Å². The molecule has 1 radical (unpaired) electrons. The van der Waals surface area contributed by atoms with Crippen LogP contribution < -0.4 is 0 Å². The number of hydrogen-bond acceptors (Lipinski definition) is 0. The molecule has 0 aromatic heterocycles. The van der Waals surface area contributed by atoms with Crippen LogP contribution in [0.15, 0.2) is 22.0 Å². The monoisotopic (exact) mass is 225 g/mol. The molecule has 0 atom stereocenters. The Morgan fingerprint density at radius 1 is 1.45 bits per heavy atom. The van der Waals surface area contributed by atoms with Crippen molar-refractivity contribution in [1.82, 2.24) is 0 Å². The third-order valence-corrected chi connectivity index (χ3v) is 2.08. The van der Waals surface area contributed by atoms with Crippen LogP contribution >= 0.6 is 15.9 Å². The van der Waals surface area contributed by atoms with Crippen LogP contribution in [0, 0.1) is 6.42 Å². The van der Waals surface area contributed by atoms with Gasteiger partial charge in [0.1, 0.15) is 5.83 Å². The smallest absolute Gasteiger partial charge is 0.212 e. The Balaban J connectivity index is 2.89. The lowest BCUT2D eigenvalue weighted by Gasteiger charge is -2.10. The molecule has 0 spiro atoms. The first kappa shape index (κ1) is 8.84. The van der Waals surface area contributed by atoms with Crippen LogP contribution in [0.4, 0.5) is 13.2 Å². The third kappa shape index (κ3) is 2.09. The van der Waals surface area contributed by atoms with Gasteiger partial charge in [-0.3, -0.25) is 0 Å². The molecule has 0 amide bonds. The molecule has 0 fully saturated rings. The summed E-state index contributed by atoms with van der Waals surface area (Å²) >= 11 is 2.92. The van der Waals surface area contributed by atoms with Gasteiger partial charge in [-0.05, 0) is 6.08 Å². The highest BCUT2D eigenvalue weighted by Crippen LogP contribution is 2.30. The van der Waals surface area contributed by atoms with Gasteiger partial charge in [0, 0.05) is 22.9 Å². The van der Waals surface area contributed by atoms with E-state index in [1.165, 1.54) is 6.42 Å². The minimum atomic E-state index is -2.62. The average Bonchev–Trinajstić information content (AvgIpc) is 1.94. The van der Waals surface area contributed by atoms with Crippen molar-refractivity contribution in [3.8, 4) is 0 Å². The summed E-state index contributed by atoms with van der Waals surface area (Å²) in [5.74, 6) is -0.525. The second-order valence-electron chi connectivity index (χ2n) is 2.10. The largest absolute Gasteiger partial charge is 0.264 e. The first-order valence-electron chi connectivity index (χ1n) is 2.98. The summed E-state index contributed by atoms with van der Waals surface area (Å²) in [7, 11) is 0. The SMILES string of the molecule is FC1=CC(C(F)F)=C(Br)[CH]C1. The Morgan fingerprint density at radius 2 is 2.09 bits per heavy atom. The summed E-state index contributed by atoms with van der Waals surface area (Å²) in [6, 6.07) is 0. The highest BCUT2D eigenvalue weighted by molar-refractivity contribution is 9.11. The van der Waals surface area contributed by atoms with Crippen LogP contribution in [0.5, 0.6) is 0 Å². The molecule has 1 rings (SSSR count). The van der Waals surface area contributed by atoms with Crippen LogP contribution in [0.3, 0.4) is 0 Å². The van der Waals surface area contributed by atoms with Gasteiger partial charge in [-0.25, -0.2) is 13.2 Å². The molecular formula is C7H5BrF3. The summed E-state index contributed by atoms with van der Waals surface area (Å²) < 4.78 is 36.7. The number of alkyl halides is 2. The lowest BCUT2D eigenvalue weighted by atomic mass is 10.1. The van der Waals surface area contributed by atoms with Crippen LogP contribution in [0.1, 0.15) is 6.42 Å². The van der Waals surface area contributed by atoms with Crippen LogP contribution in [-0.2, 0) is 0 Å². The van der Waals surface area contributed by atoms with Gasteiger partial charge in [-0.2, -0.15) is 0 Å². The zero-order chi connectivity index (χ0) is 8.43. The van der Waals surface area contributed by atoms with Crippen molar-refractivity contribution in [2.24, 2.45) is 0 Å². The standard InChI is InChI=1S/C7H5BrF3/c8-6-2-1-4(9)3-5(6)7(10)11/h2-3,7H,1H2. The van der Waals surface area contributed by atoms with E-state index in [0.717, 1.165) is 6.08 Å². The van der Waals surface area contributed by atoms with E-state index in [2.05, 4.69) is 15.9 Å². The van der Waals surface area contributed by atoms with Crippen molar-refractivity contribution in [3.05, 3.63) is 28.4 Å². The van der Waals surface area contributed by atoms with E-state index in [1.54, 1.807) is 0 Å². The molecule has 0 aromatic rings. The van der Waals surface area contributed by atoms with Crippen molar-refractivity contribution < 1.29 is 13.2 Å². The van der Waals surface area contributed by atoms with Gasteiger partial charge in [0.15, 0.2) is 0 Å². The molecule has 0 heterocycles. The van der Waals surface area contributed by atoms with Gasteiger partial charge in [-0.15, -0.1) is 0 Å². The summed E-state index contributed by atoms with van der Waals surface area (Å²) in [5, 5.41) is 0. The molecule has 0 aromatic carbocycles. The Kier molecular flexibility index (Phi) is 2.76. The van der Waals surface area contributed by atoms with Gasteiger partial charge < -0.3 is 0 Å². The van der Waals surface area contributed by atoms with E-state index in [1.807, 2.05) is 0 Å². The van der Waals surface area contributed by atoms with Crippen LogP contribution in [0.25, 0.3) is 0 Å². The molecule has 0 saturated carbocycles. The molecule has 0 saturated heterocycles. The lowest BCUT2D eigenvalue weighted by Crippen LogP contribution is -2.01. The summed E-state index contributed by atoms with van der Waals surface area (Å²) in [4.78, 5) is 0. The number of rotatable bonds is 1. The second kappa shape index (κ2) is 3.43. The minimum Gasteiger partial charge on any atom is -0.212 e. The Hall–Kier alpha value is -0.250. The van der Waals surface area contributed by atoms with Gasteiger partial charge in [0.2, 0.25) is 0 Å². The molecule has 11 heavy (non-hydrogen) atoms. The number of hydrogen-bond donors (Lipinski definition) is 0. The van der Waals surface area contributed by atoms with E-state index in [4.69, 9.17) is 0 Å². The maximum absolute atomic E-state index is 12.4. The van der Waals surface area contributed by atoms with Crippen molar-refractivity contribution in [2.75, 3.05) is 0 Å². The first-order chi connectivity index (χ1) is 5.11. The molecule has 1 aliphatic rings. The Labute approximate surface area is 70.9 Å². The summed E-state index contributed by atoms with van der Waals surface area (Å²) in [6.45, 7) is 0. The zero-order valence-corrected chi connectivity index (χ0v) is 7.04. The fourth-order valence-electron chi connectivity index (χ4n) is 0.769. The van der Waals surface area contributed by atoms with E-state index >= 15 is 0 Å². The van der Waals surface area contributed by atoms with E-state index in [0.29, 0.717) is 0 Å². The minimum absolute atomic E-state index is 0.0941. The quantitative estimate of drug-likeness (QED) is 0.642. The van der Waals surface area contributed by atoms with Crippen molar-refractivity contribution in [1.29, 1.82) is 0 Å². The summed E-state index contributed by atoms with van der Waals surface area (Å²) in [6.07, 6.45) is -0.269. The van der Waals surface area contributed by atoms with Crippen LogP contribution in [0.2, 0.25) is 0 Å². The molecule has 0 aliphatic heterocycles. The Bertz CT molecular complexity index is 218. The highest BCUT2D eigenvalue weighted by atomic mass is 79.9. The predicted octanol–water partition coefficient (Wildman–Crippen LogP) is 3.36. The van der Waals surface area contributed by atoms with Crippen molar-refractivity contribution in [2.45, 2.75) is 12.8 Å². The van der Waals surface area contributed by atoms with Gasteiger partial charge in [-0.1, -0.05) is 15.9 Å². The van der Waals surface area contributed by atoms with Gasteiger partial charge in [0.25, 0.3) is 6.43 Å². The molecule has 61 valence electrons. The fraction of sp³-hybridized carbons (Fsp3) is 0.286. The average molecular weight is 226 g/mol. The first-order valence-corrected chi connectivity index (χ1v) is 3.77. The number of allylic oxidation sites excluding steroid dienone is 4. The molecule has 4 heteroatoms. The second-order valence-corrected chi connectivity index (χ2v) is 2.96. The molecular weight excluding hydrogens is 221 g/mol. The maximum atomic E-state index is 12.4. The zero-order valence-electron chi connectivity index (χ0n) is 5.45. The van der Waals surface area contributed by atoms with Gasteiger partial charge >= 0.3 is 0 Å². The maximum Gasteiger partial charge on any atom is 0.264 e. The van der Waals surface area contributed by atoms with Crippen LogP contribution in [-0.4, -0.2) is 6.43 Å². The van der Waals surface area contributed by atoms with Crippen molar-refractivity contribution >= 4 is 15.9 Å². The molecule has 0 unspecified atom stereocenters. The molecule has 0 N–H and O–H groups in total. The van der Waals surface area contributed by atoms with Crippen molar-refractivity contribution in [3.63, 3.8) is 0 Å². The lowest BCUT2D eigenvalue weighted by molar-refractivity contribution is 0.193. The third-order valence-electron chi connectivity index (χ3n) is 1.30. The van der Waals surface area contributed by atoms with E-state index in [-0.39, 0.29) is 16.5 Å². The normalized spacial score (nSPS) is 19.2.